The quantitative estimate of drug-likeness (QED) is 0.634. The van der Waals surface area contributed by atoms with Crippen molar-refractivity contribution in [1.82, 2.24) is 9.78 Å². The van der Waals surface area contributed by atoms with Crippen molar-refractivity contribution in [3.8, 4) is 5.88 Å². The summed E-state index contributed by atoms with van der Waals surface area (Å²) in [6.45, 7) is 8.40. The maximum atomic E-state index is 5.75. The lowest BCUT2D eigenvalue weighted by Gasteiger charge is -2.18. The molecule has 0 saturated carbocycles. The highest BCUT2D eigenvalue weighted by molar-refractivity contribution is 5.31. The second-order valence-electron chi connectivity index (χ2n) is 4.89. The zero-order valence-corrected chi connectivity index (χ0v) is 9.21. The second kappa shape index (κ2) is 3.30. The van der Waals surface area contributed by atoms with Gasteiger partial charge in [0.25, 0.3) is 0 Å². The second-order valence-corrected chi connectivity index (χ2v) is 4.89. The molecular formula is C11H18N2O. The van der Waals surface area contributed by atoms with Crippen LogP contribution in [0.4, 0.5) is 0 Å². The monoisotopic (exact) mass is 194 g/mol. The first kappa shape index (κ1) is 9.56. The summed E-state index contributed by atoms with van der Waals surface area (Å²) in [5, 5.41) is 4.37. The topological polar surface area (TPSA) is 27.1 Å². The maximum absolute atomic E-state index is 5.75. The lowest BCUT2D eigenvalue weighted by atomic mass is 9.89. The van der Waals surface area contributed by atoms with Crippen molar-refractivity contribution in [1.29, 1.82) is 0 Å². The van der Waals surface area contributed by atoms with E-state index in [9.17, 15) is 0 Å². The van der Waals surface area contributed by atoms with Gasteiger partial charge in [0.15, 0.2) is 0 Å². The number of hydrogen-bond acceptors (Lipinski definition) is 2. The van der Waals surface area contributed by atoms with Gasteiger partial charge in [0.05, 0.1) is 12.8 Å². The van der Waals surface area contributed by atoms with Crippen LogP contribution in [-0.2, 0) is 12.0 Å². The molecule has 2 heterocycles. The SMILES string of the molecule is CC(C)(C)c1cnn2c1OCCCC2. The van der Waals surface area contributed by atoms with Crippen molar-refractivity contribution in [3.05, 3.63) is 11.8 Å². The maximum Gasteiger partial charge on any atom is 0.215 e. The molecular weight excluding hydrogens is 176 g/mol. The van der Waals surface area contributed by atoms with E-state index in [1.807, 2.05) is 10.9 Å². The molecule has 3 heteroatoms. The van der Waals surface area contributed by atoms with E-state index in [0.717, 1.165) is 31.9 Å². The Labute approximate surface area is 85.1 Å². The molecule has 14 heavy (non-hydrogen) atoms. The minimum absolute atomic E-state index is 0.123. The lowest BCUT2D eigenvalue weighted by molar-refractivity contribution is 0.295. The molecule has 0 amide bonds. The Morgan fingerprint density at radius 1 is 1.36 bits per heavy atom. The van der Waals surface area contributed by atoms with E-state index in [0.29, 0.717) is 0 Å². The summed E-state index contributed by atoms with van der Waals surface area (Å²) in [5.74, 6) is 0.981. The molecule has 0 radical (unpaired) electrons. The van der Waals surface area contributed by atoms with Gasteiger partial charge in [-0.3, -0.25) is 0 Å². The van der Waals surface area contributed by atoms with E-state index >= 15 is 0 Å². The van der Waals surface area contributed by atoms with Gasteiger partial charge in [0.1, 0.15) is 0 Å². The molecule has 0 N–H and O–H groups in total. The molecule has 1 aliphatic heterocycles. The Kier molecular flexibility index (Phi) is 2.25. The number of nitrogens with zero attached hydrogens (tertiary/aromatic N) is 2. The molecule has 1 aromatic rings. The molecule has 1 aliphatic rings. The lowest BCUT2D eigenvalue weighted by Crippen LogP contribution is -2.13. The molecule has 0 unspecified atom stereocenters. The van der Waals surface area contributed by atoms with Gasteiger partial charge in [0, 0.05) is 12.1 Å². The fourth-order valence-corrected chi connectivity index (χ4v) is 1.73. The number of fused-ring (bicyclic) bond motifs is 1. The molecule has 2 rings (SSSR count). The van der Waals surface area contributed by atoms with E-state index in [2.05, 4.69) is 25.9 Å². The molecule has 1 aromatic heterocycles. The first-order valence-corrected chi connectivity index (χ1v) is 5.28. The Hall–Kier alpha value is -0.990. The van der Waals surface area contributed by atoms with Crippen LogP contribution in [0.25, 0.3) is 0 Å². The van der Waals surface area contributed by atoms with E-state index in [-0.39, 0.29) is 5.41 Å². The zero-order valence-electron chi connectivity index (χ0n) is 9.21. The van der Waals surface area contributed by atoms with Crippen molar-refractivity contribution < 1.29 is 4.74 Å². The Morgan fingerprint density at radius 2 is 2.14 bits per heavy atom. The van der Waals surface area contributed by atoms with Gasteiger partial charge in [-0.25, -0.2) is 4.68 Å². The minimum atomic E-state index is 0.123. The molecule has 0 spiro atoms. The van der Waals surface area contributed by atoms with Gasteiger partial charge in [-0.1, -0.05) is 20.8 Å². The summed E-state index contributed by atoms with van der Waals surface area (Å²) in [4.78, 5) is 0. The third kappa shape index (κ3) is 1.63. The van der Waals surface area contributed by atoms with Gasteiger partial charge in [-0.05, 0) is 18.3 Å². The molecule has 0 aromatic carbocycles. The third-order valence-electron chi connectivity index (χ3n) is 2.60. The molecule has 78 valence electrons. The summed E-state index contributed by atoms with van der Waals surface area (Å²) >= 11 is 0. The van der Waals surface area contributed by atoms with Crippen LogP contribution in [0.3, 0.4) is 0 Å². The van der Waals surface area contributed by atoms with Gasteiger partial charge >= 0.3 is 0 Å². The smallest absolute Gasteiger partial charge is 0.215 e. The summed E-state index contributed by atoms with van der Waals surface area (Å²) < 4.78 is 7.74. The number of hydrogen-bond donors (Lipinski definition) is 0. The highest BCUT2D eigenvalue weighted by Gasteiger charge is 2.24. The predicted molar refractivity (Wildman–Crippen MR) is 55.7 cm³/mol. The largest absolute Gasteiger partial charge is 0.478 e. The zero-order chi connectivity index (χ0) is 10.2. The van der Waals surface area contributed by atoms with Crippen LogP contribution < -0.4 is 4.74 Å². The Balaban J connectivity index is 2.39. The standard InChI is InChI=1S/C11H18N2O/c1-11(2,3)9-8-12-13-6-4-5-7-14-10(9)13/h8H,4-7H2,1-3H3. The molecule has 0 atom stereocenters. The van der Waals surface area contributed by atoms with Crippen LogP contribution in [0, 0.1) is 0 Å². The predicted octanol–water partition coefficient (Wildman–Crippen LogP) is 2.35. The van der Waals surface area contributed by atoms with Crippen LogP contribution >= 0.6 is 0 Å². The van der Waals surface area contributed by atoms with Crippen molar-refractivity contribution in [2.75, 3.05) is 6.61 Å². The van der Waals surface area contributed by atoms with E-state index in [1.54, 1.807) is 0 Å². The van der Waals surface area contributed by atoms with Crippen LogP contribution in [-0.4, -0.2) is 16.4 Å². The van der Waals surface area contributed by atoms with E-state index in [1.165, 1.54) is 5.56 Å². The summed E-state index contributed by atoms with van der Waals surface area (Å²) in [5.41, 5.74) is 1.34. The van der Waals surface area contributed by atoms with Crippen molar-refractivity contribution in [2.24, 2.45) is 0 Å². The van der Waals surface area contributed by atoms with Gasteiger partial charge in [-0.15, -0.1) is 0 Å². The highest BCUT2D eigenvalue weighted by Crippen LogP contribution is 2.32. The molecule has 0 bridgehead atoms. The summed E-state index contributed by atoms with van der Waals surface area (Å²) in [6, 6.07) is 0. The number of ether oxygens (including phenoxy) is 1. The molecule has 0 aliphatic carbocycles. The molecule has 0 fully saturated rings. The average Bonchev–Trinajstić information content (AvgIpc) is 2.36. The van der Waals surface area contributed by atoms with Crippen LogP contribution in [0.2, 0.25) is 0 Å². The van der Waals surface area contributed by atoms with Crippen LogP contribution in [0.15, 0.2) is 6.20 Å². The first-order chi connectivity index (χ1) is 6.59. The van der Waals surface area contributed by atoms with Crippen LogP contribution in [0.5, 0.6) is 5.88 Å². The average molecular weight is 194 g/mol. The number of rotatable bonds is 0. The molecule has 0 saturated heterocycles. The third-order valence-corrected chi connectivity index (χ3v) is 2.60. The first-order valence-electron chi connectivity index (χ1n) is 5.28. The fraction of sp³-hybridized carbons (Fsp3) is 0.727. The summed E-state index contributed by atoms with van der Waals surface area (Å²) in [6.07, 6.45) is 4.24. The number of aromatic nitrogens is 2. The number of aryl methyl sites for hydroxylation is 1. The Morgan fingerprint density at radius 3 is 2.86 bits per heavy atom. The van der Waals surface area contributed by atoms with E-state index < -0.39 is 0 Å². The fourth-order valence-electron chi connectivity index (χ4n) is 1.73. The Bertz CT molecular complexity index is 323. The normalized spacial score (nSPS) is 17.1. The van der Waals surface area contributed by atoms with Gasteiger partial charge in [0.2, 0.25) is 5.88 Å². The highest BCUT2D eigenvalue weighted by atomic mass is 16.5. The minimum Gasteiger partial charge on any atom is -0.478 e. The van der Waals surface area contributed by atoms with Gasteiger partial charge < -0.3 is 4.74 Å². The van der Waals surface area contributed by atoms with E-state index in [4.69, 9.17) is 4.74 Å². The summed E-state index contributed by atoms with van der Waals surface area (Å²) in [7, 11) is 0. The van der Waals surface area contributed by atoms with Crippen molar-refractivity contribution in [2.45, 2.75) is 45.6 Å². The van der Waals surface area contributed by atoms with Crippen molar-refractivity contribution in [3.63, 3.8) is 0 Å². The van der Waals surface area contributed by atoms with Crippen LogP contribution in [0.1, 0.15) is 39.2 Å². The van der Waals surface area contributed by atoms with Gasteiger partial charge in [-0.2, -0.15) is 5.10 Å². The van der Waals surface area contributed by atoms with Crippen molar-refractivity contribution >= 4 is 0 Å². The molecule has 3 nitrogen and oxygen atoms in total.